The normalized spacial score (nSPS) is 14.8. The molecule has 17 heavy (non-hydrogen) atoms. The molecule has 3 nitrogen and oxygen atoms in total. The zero-order valence-corrected chi connectivity index (χ0v) is 11.3. The lowest BCUT2D eigenvalue weighted by atomic mass is 10.0. The second-order valence-electron chi connectivity index (χ2n) is 3.92. The fourth-order valence-electron chi connectivity index (χ4n) is 1.28. The summed E-state index contributed by atoms with van der Waals surface area (Å²) in [4.78, 5) is 8.38. The van der Waals surface area contributed by atoms with Gasteiger partial charge in [0, 0.05) is 6.20 Å². The Morgan fingerprint density at radius 3 is 2.47 bits per heavy atom. The van der Waals surface area contributed by atoms with Crippen molar-refractivity contribution in [3.8, 4) is 0 Å². The fraction of sp³-hybridized carbons (Fsp3) is 0.429. The van der Waals surface area contributed by atoms with Crippen molar-refractivity contribution < 1.29 is 0 Å². The number of aliphatic imine (C=N–C) groups is 2. The fourth-order valence-corrected chi connectivity index (χ4v) is 1.28. The van der Waals surface area contributed by atoms with Crippen LogP contribution in [0, 0.1) is 5.92 Å². The Kier molecular flexibility index (Phi) is 7.68. The monoisotopic (exact) mass is 233 g/mol. The largest absolute Gasteiger partial charge is 0.397 e. The highest BCUT2D eigenvalue weighted by Gasteiger charge is 2.12. The van der Waals surface area contributed by atoms with Crippen LogP contribution in [0.25, 0.3) is 0 Å². The molecular formula is C14H23N3. The summed E-state index contributed by atoms with van der Waals surface area (Å²) < 4.78 is 0. The van der Waals surface area contributed by atoms with E-state index in [0.29, 0.717) is 11.4 Å². The maximum atomic E-state index is 5.98. The molecule has 0 amide bonds. The molecule has 0 fully saturated rings. The van der Waals surface area contributed by atoms with Gasteiger partial charge in [0.2, 0.25) is 0 Å². The van der Waals surface area contributed by atoms with Crippen molar-refractivity contribution in [2.45, 2.75) is 34.1 Å². The van der Waals surface area contributed by atoms with Gasteiger partial charge in [-0.2, -0.15) is 0 Å². The Labute approximate surface area is 105 Å². The van der Waals surface area contributed by atoms with Crippen molar-refractivity contribution in [3.63, 3.8) is 0 Å². The number of hydrogen-bond donors (Lipinski definition) is 1. The Morgan fingerprint density at radius 2 is 2.06 bits per heavy atom. The van der Waals surface area contributed by atoms with Crippen molar-refractivity contribution in [3.05, 3.63) is 35.8 Å². The van der Waals surface area contributed by atoms with Crippen LogP contribution in [-0.2, 0) is 0 Å². The van der Waals surface area contributed by atoms with Gasteiger partial charge in [-0.05, 0) is 32.1 Å². The number of nitrogens with zero attached hydrogens (tertiary/aromatic N) is 2. The van der Waals surface area contributed by atoms with E-state index in [-0.39, 0.29) is 5.92 Å². The minimum Gasteiger partial charge on any atom is -0.397 e. The minimum absolute atomic E-state index is 0.250. The molecule has 0 rings (SSSR count). The van der Waals surface area contributed by atoms with Gasteiger partial charge in [-0.15, -0.1) is 0 Å². The SMILES string of the molecule is C=NC(/C(=N\C=C\C)C(C)C)=C(N)\C=C/CC. The molecule has 0 saturated heterocycles. The van der Waals surface area contributed by atoms with E-state index in [0.717, 1.165) is 12.1 Å². The molecule has 0 aliphatic heterocycles. The highest BCUT2D eigenvalue weighted by Crippen LogP contribution is 2.13. The molecule has 0 aliphatic carbocycles. The van der Waals surface area contributed by atoms with Gasteiger partial charge in [0.1, 0.15) is 5.70 Å². The summed E-state index contributed by atoms with van der Waals surface area (Å²) >= 11 is 0. The van der Waals surface area contributed by atoms with E-state index >= 15 is 0 Å². The predicted octanol–water partition coefficient (Wildman–Crippen LogP) is 3.45. The van der Waals surface area contributed by atoms with E-state index in [2.05, 4.69) is 37.5 Å². The minimum atomic E-state index is 0.250. The number of allylic oxidation sites excluding steroid dienone is 4. The van der Waals surface area contributed by atoms with Gasteiger partial charge in [0.25, 0.3) is 0 Å². The van der Waals surface area contributed by atoms with E-state index in [1.165, 1.54) is 0 Å². The average molecular weight is 233 g/mol. The maximum absolute atomic E-state index is 5.98. The first-order valence-corrected chi connectivity index (χ1v) is 5.90. The van der Waals surface area contributed by atoms with Crippen LogP contribution in [0.1, 0.15) is 34.1 Å². The summed E-state index contributed by atoms with van der Waals surface area (Å²) in [7, 11) is 0. The van der Waals surface area contributed by atoms with Crippen molar-refractivity contribution in [2.75, 3.05) is 0 Å². The number of nitrogens with two attached hydrogens (primary N) is 1. The van der Waals surface area contributed by atoms with Gasteiger partial charge < -0.3 is 5.73 Å². The Hall–Kier alpha value is -1.64. The van der Waals surface area contributed by atoms with Crippen LogP contribution in [0.5, 0.6) is 0 Å². The lowest BCUT2D eigenvalue weighted by molar-refractivity contribution is 0.878. The molecule has 0 aliphatic rings. The Balaban J connectivity index is 5.45. The third kappa shape index (κ3) is 5.29. The second kappa shape index (κ2) is 8.50. The average Bonchev–Trinajstić information content (AvgIpc) is 2.31. The van der Waals surface area contributed by atoms with Gasteiger partial charge >= 0.3 is 0 Å². The first-order valence-electron chi connectivity index (χ1n) is 5.90. The van der Waals surface area contributed by atoms with Crippen LogP contribution >= 0.6 is 0 Å². The van der Waals surface area contributed by atoms with Gasteiger partial charge in [-0.3, -0.25) is 9.98 Å². The van der Waals surface area contributed by atoms with Crippen LogP contribution in [-0.4, -0.2) is 12.4 Å². The molecule has 0 unspecified atom stereocenters. The highest BCUT2D eigenvalue weighted by molar-refractivity contribution is 6.02. The van der Waals surface area contributed by atoms with Crippen molar-refractivity contribution >= 4 is 12.4 Å². The summed E-state index contributed by atoms with van der Waals surface area (Å²) in [6.07, 6.45) is 8.42. The second-order valence-corrected chi connectivity index (χ2v) is 3.92. The van der Waals surface area contributed by atoms with Crippen molar-refractivity contribution in [1.82, 2.24) is 0 Å². The smallest absolute Gasteiger partial charge is 0.107 e. The summed E-state index contributed by atoms with van der Waals surface area (Å²) in [5.74, 6) is 0.250. The third-order valence-electron chi connectivity index (χ3n) is 2.12. The van der Waals surface area contributed by atoms with E-state index in [1.807, 2.05) is 25.2 Å². The summed E-state index contributed by atoms with van der Waals surface area (Å²) in [5.41, 5.74) is 8.12. The van der Waals surface area contributed by atoms with Crippen LogP contribution in [0.3, 0.4) is 0 Å². The number of hydrogen-bond acceptors (Lipinski definition) is 3. The van der Waals surface area contributed by atoms with E-state index in [4.69, 9.17) is 5.73 Å². The zero-order chi connectivity index (χ0) is 13.3. The molecule has 3 heteroatoms. The number of rotatable bonds is 6. The molecule has 0 aromatic heterocycles. The first kappa shape index (κ1) is 15.4. The van der Waals surface area contributed by atoms with Crippen LogP contribution in [0.2, 0.25) is 0 Å². The standard InChI is InChI=1S/C14H23N3/c1-6-8-9-12(15)14(16-5)13(11(3)4)17-10-7-2/h7-11H,5-6,15H2,1-4H3/b9-8-,10-7+,14-12+,17-13-. The molecule has 0 saturated carbocycles. The van der Waals surface area contributed by atoms with E-state index in [1.54, 1.807) is 6.20 Å². The van der Waals surface area contributed by atoms with Crippen LogP contribution < -0.4 is 5.73 Å². The quantitative estimate of drug-likeness (QED) is 0.554. The van der Waals surface area contributed by atoms with Crippen molar-refractivity contribution in [1.29, 1.82) is 0 Å². The molecular weight excluding hydrogens is 210 g/mol. The molecule has 0 bridgehead atoms. The third-order valence-corrected chi connectivity index (χ3v) is 2.12. The summed E-state index contributed by atoms with van der Waals surface area (Å²) in [6.45, 7) is 11.7. The van der Waals surface area contributed by atoms with Crippen molar-refractivity contribution in [2.24, 2.45) is 21.6 Å². The first-order chi connectivity index (χ1) is 8.08. The summed E-state index contributed by atoms with van der Waals surface area (Å²) in [5, 5.41) is 0. The topological polar surface area (TPSA) is 50.7 Å². The van der Waals surface area contributed by atoms with Gasteiger partial charge in [-0.25, -0.2) is 0 Å². The molecule has 2 N–H and O–H groups in total. The van der Waals surface area contributed by atoms with Gasteiger partial charge in [0.05, 0.1) is 11.4 Å². The van der Waals surface area contributed by atoms with Gasteiger partial charge in [-0.1, -0.05) is 32.9 Å². The van der Waals surface area contributed by atoms with Gasteiger partial charge in [0.15, 0.2) is 0 Å². The van der Waals surface area contributed by atoms with E-state index < -0.39 is 0 Å². The lowest BCUT2D eigenvalue weighted by Crippen LogP contribution is -2.14. The lowest BCUT2D eigenvalue weighted by Gasteiger charge is -2.11. The molecule has 0 spiro atoms. The van der Waals surface area contributed by atoms with Crippen LogP contribution in [0.4, 0.5) is 0 Å². The molecule has 0 radical (unpaired) electrons. The van der Waals surface area contributed by atoms with E-state index in [9.17, 15) is 0 Å². The zero-order valence-electron chi connectivity index (χ0n) is 11.3. The highest BCUT2D eigenvalue weighted by atomic mass is 14.8. The summed E-state index contributed by atoms with van der Waals surface area (Å²) in [6, 6.07) is 0. The Bertz CT molecular complexity index is 358. The molecule has 0 aromatic rings. The predicted molar refractivity (Wildman–Crippen MR) is 77.3 cm³/mol. The molecule has 94 valence electrons. The van der Waals surface area contributed by atoms with Crippen LogP contribution in [0.15, 0.2) is 45.8 Å². The molecule has 0 atom stereocenters. The molecule has 0 aromatic carbocycles. The molecule has 0 heterocycles. The maximum Gasteiger partial charge on any atom is 0.107 e. The Morgan fingerprint density at radius 1 is 1.41 bits per heavy atom.